The van der Waals surface area contributed by atoms with E-state index in [0.717, 1.165) is 0 Å². The fourth-order valence-corrected chi connectivity index (χ4v) is 1.47. The van der Waals surface area contributed by atoms with Crippen LogP contribution in [0.4, 0.5) is 10.5 Å². The molecule has 1 amide bonds. The first-order valence-corrected chi connectivity index (χ1v) is 5.25. The molecule has 0 aliphatic rings. The Bertz CT molecular complexity index is 404. The van der Waals surface area contributed by atoms with Gasteiger partial charge in [0.2, 0.25) is 0 Å². The average molecular weight is 258 g/mol. The van der Waals surface area contributed by atoms with E-state index in [2.05, 4.69) is 0 Å². The highest BCUT2D eigenvalue weighted by atomic mass is 35.5. The van der Waals surface area contributed by atoms with Gasteiger partial charge in [0.15, 0.2) is 0 Å². The molecule has 0 radical (unpaired) electrons. The lowest BCUT2D eigenvalue weighted by Gasteiger charge is -2.18. The van der Waals surface area contributed by atoms with Crippen LogP contribution in [0.5, 0.6) is 5.75 Å². The topological polar surface area (TPSA) is 66.8 Å². The third kappa shape index (κ3) is 3.96. The number of hydrogen-bond donors (Lipinski definition) is 1. The van der Waals surface area contributed by atoms with Crippen molar-refractivity contribution in [2.45, 2.75) is 6.42 Å². The normalized spacial score (nSPS) is 9.76. The highest BCUT2D eigenvalue weighted by molar-refractivity contribution is 6.66. The molecule has 1 aromatic rings. The smallest absolute Gasteiger partial charge is 0.320 e. The fraction of sp³-hybridized carbons (Fsp3) is 0.273. The molecule has 0 atom stereocenters. The molecule has 0 saturated heterocycles. The van der Waals surface area contributed by atoms with E-state index in [-0.39, 0.29) is 13.0 Å². The van der Waals surface area contributed by atoms with Crippen LogP contribution in [-0.4, -0.2) is 30.1 Å². The van der Waals surface area contributed by atoms with Gasteiger partial charge < -0.3 is 9.84 Å². The van der Waals surface area contributed by atoms with Gasteiger partial charge in [0.05, 0.1) is 13.5 Å². The molecule has 0 heterocycles. The van der Waals surface area contributed by atoms with Crippen LogP contribution in [0.1, 0.15) is 6.42 Å². The van der Waals surface area contributed by atoms with E-state index < -0.39 is 11.3 Å². The third-order valence-electron chi connectivity index (χ3n) is 2.15. The Balaban J connectivity index is 2.81. The Labute approximate surface area is 104 Å². The van der Waals surface area contributed by atoms with Gasteiger partial charge in [-0.25, -0.2) is 0 Å². The lowest BCUT2D eigenvalue weighted by Crippen LogP contribution is -2.28. The number of benzene rings is 1. The SMILES string of the molecule is COc1ccc(N(CCC(=O)O)C(=O)Cl)cc1. The molecule has 0 saturated carbocycles. The molecule has 0 aliphatic carbocycles. The number of anilines is 1. The summed E-state index contributed by atoms with van der Waals surface area (Å²) in [7, 11) is 1.53. The molecule has 0 unspecified atom stereocenters. The van der Waals surface area contributed by atoms with E-state index >= 15 is 0 Å². The molecule has 0 aliphatic heterocycles. The summed E-state index contributed by atoms with van der Waals surface area (Å²) in [4.78, 5) is 22.8. The first kappa shape index (κ1) is 13.3. The first-order chi connectivity index (χ1) is 8.04. The quantitative estimate of drug-likeness (QED) is 0.649. The largest absolute Gasteiger partial charge is 0.497 e. The number of aliphatic carboxylic acids is 1. The first-order valence-electron chi connectivity index (χ1n) is 4.87. The summed E-state index contributed by atoms with van der Waals surface area (Å²) in [5.41, 5.74) is 0.534. The summed E-state index contributed by atoms with van der Waals surface area (Å²) in [5.74, 6) is -0.338. The van der Waals surface area contributed by atoms with E-state index in [1.165, 1.54) is 12.0 Å². The lowest BCUT2D eigenvalue weighted by atomic mass is 10.2. The number of amides is 1. The zero-order valence-corrected chi connectivity index (χ0v) is 9.98. The second-order valence-corrected chi connectivity index (χ2v) is 3.57. The van der Waals surface area contributed by atoms with Gasteiger partial charge >= 0.3 is 11.3 Å². The second-order valence-electron chi connectivity index (χ2n) is 3.25. The van der Waals surface area contributed by atoms with Gasteiger partial charge in [0.1, 0.15) is 5.75 Å². The van der Waals surface area contributed by atoms with Gasteiger partial charge in [-0.15, -0.1) is 0 Å². The van der Waals surface area contributed by atoms with Gasteiger partial charge in [0.25, 0.3) is 0 Å². The van der Waals surface area contributed by atoms with E-state index in [1.54, 1.807) is 24.3 Å². The van der Waals surface area contributed by atoms with Crippen molar-refractivity contribution in [1.29, 1.82) is 0 Å². The van der Waals surface area contributed by atoms with Crippen LogP contribution in [0.15, 0.2) is 24.3 Å². The number of halogens is 1. The summed E-state index contributed by atoms with van der Waals surface area (Å²) >= 11 is 5.40. The van der Waals surface area contributed by atoms with Crippen LogP contribution < -0.4 is 9.64 Å². The van der Waals surface area contributed by atoms with Crippen LogP contribution in [0.25, 0.3) is 0 Å². The molecular formula is C11H12ClNO4. The second kappa shape index (κ2) is 6.10. The molecule has 0 fully saturated rings. The number of hydrogen-bond acceptors (Lipinski definition) is 3. The van der Waals surface area contributed by atoms with Crippen LogP contribution >= 0.6 is 11.6 Å². The maximum absolute atomic E-state index is 11.2. The number of carboxylic acids is 1. The Morgan fingerprint density at radius 2 is 1.94 bits per heavy atom. The number of carbonyl (C=O) groups excluding carboxylic acids is 1. The molecule has 0 spiro atoms. The van der Waals surface area contributed by atoms with Gasteiger partial charge in [-0.1, -0.05) is 0 Å². The molecule has 1 rings (SSSR count). The molecule has 0 aromatic heterocycles. The predicted molar refractivity (Wildman–Crippen MR) is 63.8 cm³/mol. The van der Waals surface area contributed by atoms with Crippen molar-refractivity contribution in [3.63, 3.8) is 0 Å². The zero-order valence-electron chi connectivity index (χ0n) is 9.22. The van der Waals surface area contributed by atoms with E-state index in [0.29, 0.717) is 11.4 Å². The number of ether oxygens (including phenoxy) is 1. The molecule has 5 nitrogen and oxygen atoms in total. The highest BCUT2D eigenvalue weighted by Gasteiger charge is 2.14. The van der Waals surface area contributed by atoms with Crippen LogP contribution in [0.2, 0.25) is 0 Å². The fourth-order valence-electron chi connectivity index (χ4n) is 1.29. The number of carboxylic acid groups (broad SMARTS) is 1. The van der Waals surface area contributed by atoms with Gasteiger partial charge in [-0.2, -0.15) is 0 Å². The van der Waals surface area contributed by atoms with Crippen LogP contribution in [0, 0.1) is 0 Å². The van der Waals surface area contributed by atoms with Gasteiger partial charge in [-0.05, 0) is 35.9 Å². The van der Waals surface area contributed by atoms with Crippen molar-refractivity contribution in [3.8, 4) is 5.75 Å². The molecule has 92 valence electrons. The summed E-state index contributed by atoms with van der Waals surface area (Å²) in [6.07, 6.45) is -0.162. The van der Waals surface area contributed by atoms with Crippen LogP contribution in [-0.2, 0) is 4.79 Å². The maximum atomic E-state index is 11.2. The van der Waals surface area contributed by atoms with Crippen molar-refractivity contribution in [3.05, 3.63) is 24.3 Å². The Morgan fingerprint density at radius 3 is 2.35 bits per heavy atom. The molecular weight excluding hydrogens is 246 g/mol. The predicted octanol–water partition coefficient (Wildman–Crippen LogP) is 2.34. The summed E-state index contributed by atoms with van der Waals surface area (Å²) in [6.45, 7) is 0.0317. The van der Waals surface area contributed by atoms with Crippen LogP contribution in [0.3, 0.4) is 0 Å². The van der Waals surface area contributed by atoms with Crippen molar-refractivity contribution >= 4 is 28.6 Å². The number of nitrogens with zero attached hydrogens (tertiary/aromatic N) is 1. The van der Waals surface area contributed by atoms with Crippen molar-refractivity contribution < 1.29 is 19.4 Å². The minimum Gasteiger partial charge on any atom is -0.497 e. The standard InChI is InChI=1S/C11H12ClNO4/c1-17-9-4-2-8(3-5-9)13(11(12)16)7-6-10(14)15/h2-5H,6-7H2,1H3,(H,14,15). The Hall–Kier alpha value is -1.75. The molecule has 1 N–H and O–H groups in total. The van der Waals surface area contributed by atoms with Gasteiger partial charge in [0, 0.05) is 12.2 Å². The monoisotopic (exact) mass is 257 g/mol. The summed E-state index contributed by atoms with van der Waals surface area (Å²) in [6, 6.07) is 6.62. The Kier molecular flexibility index (Phi) is 4.78. The minimum absolute atomic E-state index is 0.0317. The third-order valence-corrected chi connectivity index (χ3v) is 2.35. The van der Waals surface area contributed by atoms with E-state index in [1.807, 2.05) is 0 Å². The number of methoxy groups -OCH3 is 1. The van der Waals surface area contributed by atoms with E-state index in [4.69, 9.17) is 21.4 Å². The van der Waals surface area contributed by atoms with Gasteiger partial charge in [-0.3, -0.25) is 14.5 Å². The highest BCUT2D eigenvalue weighted by Crippen LogP contribution is 2.20. The zero-order chi connectivity index (χ0) is 12.8. The lowest BCUT2D eigenvalue weighted by molar-refractivity contribution is -0.136. The molecule has 0 bridgehead atoms. The molecule has 17 heavy (non-hydrogen) atoms. The van der Waals surface area contributed by atoms with Crippen molar-refractivity contribution in [2.75, 3.05) is 18.6 Å². The Morgan fingerprint density at radius 1 is 1.35 bits per heavy atom. The molecule has 6 heteroatoms. The summed E-state index contributed by atoms with van der Waals surface area (Å²) in [5, 5.41) is 7.86. The summed E-state index contributed by atoms with van der Waals surface area (Å²) < 4.78 is 4.98. The van der Waals surface area contributed by atoms with E-state index in [9.17, 15) is 9.59 Å². The maximum Gasteiger partial charge on any atom is 0.320 e. The number of rotatable bonds is 5. The van der Waals surface area contributed by atoms with Crippen molar-refractivity contribution in [2.24, 2.45) is 0 Å². The minimum atomic E-state index is -0.985. The van der Waals surface area contributed by atoms with Crippen molar-refractivity contribution in [1.82, 2.24) is 0 Å². The average Bonchev–Trinajstić information content (AvgIpc) is 2.29. The molecule has 1 aromatic carbocycles. The number of carbonyl (C=O) groups is 2.